The molecule has 3 aromatic rings. The van der Waals surface area contributed by atoms with Gasteiger partial charge in [0.2, 0.25) is 15.6 Å². The smallest absolute Gasteiger partial charge is 0.248 e. The summed E-state index contributed by atoms with van der Waals surface area (Å²) in [5.74, 6) is 1.26. The fraction of sp³-hybridized carbons (Fsp3) is 0.211. The van der Waals surface area contributed by atoms with Crippen molar-refractivity contribution in [3.8, 4) is 11.5 Å². The second kappa shape index (κ2) is 6.71. The minimum Gasteiger partial charge on any atom is -0.486 e. The van der Waals surface area contributed by atoms with Crippen LogP contribution < -0.4 is 15.0 Å². The molecule has 1 N–H and O–H groups in total. The zero-order chi connectivity index (χ0) is 19.0. The summed E-state index contributed by atoms with van der Waals surface area (Å²) >= 11 is 0. The predicted molar refractivity (Wildman–Crippen MR) is 101 cm³/mol. The highest BCUT2D eigenvalue weighted by Crippen LogP contribution is 2.31. The molecule has 2 aromatic carbocycles. The third kappa shape index (κ3) is 3.41. The van der Waals surface area contributed by atoms with Gasteiger partial charge < -0.3 is 14.5 Å². The molecule has 1 aromatic heterocycles. The van der Waals surface area contributed by atoms with Crippen molar-refractivity contribution >= 4 is 20.9 Å². The second-order valence-corrected chi connectivity index (χ2v) is 8.40. The maximum Gasteiger partial charge on any atom is 0.248 e. The van der Waals surface area contributed by atoms with Crippen molar-refractivity contribution in [2.75, 3.05) is 20.2 Å². The summed E-state index contributed by atoms with van der Waals surface area (Å²) in [5.41, 5.74) is 0.356. The van der Waals surface area contributed by atoms with Gasteiger partial charge in [-0.3, -0.25) is 4.79 Å². The van der Waals surface area contributed by atoms with Crippen LogP contribution in [-0.2, 0) is 10.0 Å². The van der Waals surface area contributed by atoms with Gasteiger partial charge in [0.25, 0.3) is 0 Å². The average molecular weight is 386 g/mol. The number of hydrogen-bond acceptors (Lipinski definition) is 5. The SMILES string of the molecule is CN(C[C@@H]1COc2ccccc2O1)S(=O)(=O)c1ccc2[nH]c(=O)ccc2c1. The Morgan fingerprint density at radius 2 is 1.89 bits per heavy atom. The first kappa shape index (κ1) is 17.6. The molecule has 1 aliphatic rings. The molecule has 0 amide bonds. The molecular formula is C19H18N2O5S. The van der Waals surface area contributed by atoms with Crippen molar-refractivity contribution in [2.24, 2.45) is 0 Å². The van der Waals surface area contributed by atoms with E-state index >= 15 is 0 Å². The first-order valence-electron chi connectivity index (χ1n) is 8.41. The highest BCUT2D eigenvalue weighted by atomic mass is 32.2. The summed E-state index contributed by atoms with van der Waals surface area (Å²) in [7, 11) is -2.20. The van der Waals surface area contributed by atoms with E-state index in [1.54, 1.807) is 24.3 Å². The number of nitrogens with zero attached hydrogens (tertiary/aromatic N) is 1. The fourth-order valence-electron chi connectivity index (χ4n) is 3.01. The molecule has 1 aliphatic heterocycles. The van der Waals surface area contributed by atoms with E-state index in [1.165, 1.54) is 23.5 Å². The third-order valence-electron chi connectivity index (χ3n) is 4.43. The van der Waals surface area contributed by atoms with Crippen molar-refractivity contribution in [1.82, 2.24) is 9.29 Å². The molecule has 8 heteroatoms. The number of rotatable bonds is 4. The van der Waals surface area contributed by atoms with Crippen molar-refractivity contribution in [3.05, 3.63) is 65.0 Å². The lowest BCUT2D eigenvalue weighted by Crippen LogP contribution is -2.41. The topological polar surface area (TPSA) is 88.7 Å². The number of fused-ring (bicyclic) bond motifs is 2. The molecule has 0 saturated carbocycles. The number of hydrogen-bond donors (Lipinski definition) is 1. The van der Waals surface area contributed by atoms with Crippen LogP contribution in [0.1, 0.15) is 0 Å². The molecule has 2 heterocycles. The summed E-state index contributed by atoms with van der Waals surface area (Å²) in [6, 6.07) is 14.9. The van der Waals surface area contributed by atoms with Crippen LogP contribution in [0.3, 0.4) is 0 Å². The minimum absolute atomic E-state index is 0.153. The van der Waals surface area contributed by atoms with Crippen molar-refractivity contribution < 1.29 is 17.9 Å². The average Bonchev–Trinajstić information content (AvgIpc) is 2.67. The van der Waals surface area contributed by atoms with Gasteiger partial charge in [-0.1, -0.05) is 12.1 Å². The summed E-state index contributed by atoms with van der Waals surface area (Å²) in [4.78, 5) is 14.2. The van der Waals surface area contributed by atoms with E-state index in [0.29, 0.717) is 22.4 Å². The van der Waals surface area contributed by atoms with Crippen LogP contribution in [0.5, 0.6) is 11.5 Å². The lowest BCUT2D eigenvalue weighted by molar-refractivity contribution is 0.0798. The van der Waals surface area contributed by atoms with E-state index in [9.17, 15) is 13.2 Å². The Kier molecular flexibility index (Phi) is 4.37. The molecule has 0 radical (unpaired) electrons. The van der Waals surface area contributed by atoms with Crippen LogP contribution in [0.25, 0.3) is 10.9 Å². The Hall–Kier alpha value is -2.84. The van der Waals surface area contributed by atoms with Gasteiger partial charge in [0.05, 0.1) is 11.4 Å². The lowest BCUT2D eigenvalue weighted by atomic mass is 10.2. The molecular weight excluding hydrogens is 368 g/mol. The van der Waals surface area contributed by atoms with Gasteiger partial charge in [0.15, 0.2) is 11.5 Å². The second-order valence-electron chi connectivity index (χ2n) is 6.35. The Labute approximate surface area is 156 Å². The number of likely N-dealkylation sites (N-methyl/N-ethyl adjacent to an activating group) is 1. The number of pyridine rings is 1. The number of benzene rings is 2. The Bertz CT molecular complexity index is 1160. The molecule has 27 heavy (non-hydrogen) atoms. The van der Waals surface area contributed by atoms with Crippen molar-refractivity contribution in [3.63, 3.8) is 0 Å². The Morgan fingerprint density at radius 3 is 2.70 bits per heavy atom. The zero-order valence-electron chi connectivity index (χ0n) is 14.6. The van der Waals surface area contributed by atoms with Gasteiger partial charge in [0.1, 0.15) is 12.7 Å². The van der Waals surface area contributed by atoms with Gasteiger partial charge in [-0.15, -0.1) is 0 Å². The van der Waals surface area contributed by atoms with Gasteiger partial charge in [-0.2, -0.15) is 4.31 Å². The maximum absolute atomic E-state index is 12.9. The van der Waals surface area contributed by atoms with E-state index < -0.39 is 16.1 Å². The standard InChI is InChI=1S/C19H18N2O5S/c1-21(11-14-12-25-17-4-2-3-5-18(17)26-14)27(23,24)15-7-8-16-13(10-15)6-9-19(22)20-16/h2-10,14H,11-12H2,1H3,(H,20,22)/t14-/m1/s1. The van der Waals surface area contributed by atoms with Crippen LogP contribution in [0.2, 0.25) is 0 Å². The minimum atomic E-state index is -3.71. The fourth-order valence-corrected chi connectivity index (χ4v) is 4.25. The molecule has 0 spiro atoms. The summed E-state index contributed by atoms with van der Waals surface area (Å²) in [6.45, 7) is 0.427. The first-order chi connectivity index (χ1) is 12.9. The summed E-state index contributed by atoms with van der Waals surface area (Å²) in [6.07, 6.45) is -0.406. The molecule has 0 fully saturated rings. The number of ether oxygens (including phenoxy) is 2. The molecule has 1 atom stereocenters. The predicted octanol–water partition coefficient (Wildman–Crippen LogP) is 1.99. The van der Waals surface area contributed by atoms with Crippen LogP contribution in [0, 0.1) is 0 Å². The molecule has 4 rings (SSSR count). The van der Waals surface area contributed by atoms with Crippen LogP contribution in [0.15, 0.2) is 64.3 Å². The van der Waals surface area contributed by atoms with Crippen LogP contribution >= 0.6 is 0 Å². The van der Waals surface area contributed by atoms with E-state index in [4.69, 9.17) is 9.47 Å². The largest absolute Gasteiger partial charge is 0.486 e. The number of aromatic nitrogens is 1. The van der Waals surface area contributed by atoms with Gasteiger partial charge in [-0.25, -0.2) is 8.42 Å². The normalized spacial score (nSPS) is 16.6. The molecule has 0 bridgehead atoms. The summed E-state index contributed by atoms with van der Waals surface area (Å²) in [5, 5.41) is 0.648. The number of sulfonamides is 1. The number of aromatic amines is 1. The number of para-hydroxylation sites is 2. The number of H-pyrrole nitrogens is 1. The van der Waals surface area contributed by atoms with Crippen molar-refractivity contribution in [1.29, 1.82) is 0 Å². The monoisotopic (exact) mass is 386 g/mol. The van der Waals surface area contributed by atoms with E-state index in [0.717, 1.165) is 0 Å². The maximum atomic E-state index is 12.9. The van der Waals surface area contributed by atoms with E-state index in [2.05, 4.69) is 4.98 Å². The van der Waals surface area contributed by atoms with E-state index in [1.807, 2.05) is 18.2 Å². The van der Waals surface area contributed by atoms with E-state index in [-0.39, 0.29) is 23.6 Å². The van der Waals surface area contributed by atoms with Gasteiger partial charge in [-0.05, 0) is 41.8 Å². The van der Waals surface area contributed by atoms with Gasteiger partial charge in [0, 0.05) is 18.6 Å². The van der Waals surface area contributed by atoms with Crippen LogP contribution in [-0.4, -0.2) is 44.0 Å². The molecule has 0 unspecified atom stereocenters. The zero-order valence-corrected chi connectivity index (χ0v) is 15.4. The first-order valence-corrected chi connectivity index (χ1v) is 9.85. The molecule has 7 nitrogen and oxygen atoms in total. The quantitative estimate of drug-likeness (QED) is 0.741. The highest BCUT2D eigenvalue weighted by molar-refractivity contribution is 7.89. The molecule has 0 saturated heterocycles. The Morgan fingerprint density at radius 1 is 1.11 bits per heavy atom. The highest BCUT2D eigenvalue weighted by Gasteiger charge is 2.28. The number of nitrogens with one attached hydrogen (secondary N) is 1. The van der Waals surface area contributed by atoms with Gasteiger partial charge >= 0.3 is 0 Å². The molecule has 140 valence electrons. The Balaban J connectivity index is 1.55. The molecule has 0 aliphatic carbocycles. The van der Waals surface area contributed by atoms with Crippen molar-refractivity contribution in [2.45, 2.75) is 11.0 Å². The van der Waals surface area contributed by atoms with Crippen LogP contribution in [0.4, 0.5) is 0 Å². The summed E-state index contributed by atoms with van der Waals surface area (Å²) < 4.78 is 38.6. The third-order valence-corrected chi connectivity index (χ3v) is 6.25. The lowest BCUT2D eigenvalue weighted by Gasteiger charge is -2.29.